The Labute approximate surface area is 188 Å². The molecule has 1 aliphatic rings. The zero-order valence-electron chi connectivity index (χ0n) is 17.4. The minimum Gasteiger partial charge on any atom is -0.442 e. The molecule has 1 saturated heterocycles. The van der Waals surface area contributed by atoms with E-state index in [1.165, 1.54) is 23.1 Å². The number of amides is 1. The van der Waals surface area contributed by atoms with Crippen molar-refractivity contribution < 1.29 is 22.7 Å². The Balaban J connectivity index is 1.72. The number of nitrogens with one attached hydrogen (secondary N) is 2. The van der Waals surface area contributed by atoms with Gasteiger partial charge in [-0.1, -0.05) is 38.2 Å². The first-order valence-corrected chi connectivity index (χ1v) is 10.3. The van der Waals surface area contributed by atoms with E-state index >= 15 is 0 Å². The summed E-state index contributed by atoms with van der Waals surface area (Å²) in [7, 11) is 0. The molecule has 0 aromatic heterocycles. The van der Waals surface area contributed by atoms with Crippen LogP contribution in [0.25, 0.3) is 0 Å². The SMILES string of the molecule is CC(C)c1cccc(Nc2ccc(N3C[C@H](CNC(=S)C(F)F)OC3=O)cc2F)c(=O)c1. The third-order valence-corrected chi connectivity index (χ3v) is 5.21. The van der Waals surface area contributed by atoms with Crippen LogP contribution in [0, 0.1) is 5.82 Å². The number of halogens is 3. The van der Waals surface area contributed by atoms with Crippen molar-refractivity contribution in [3.05, 3.63) is 64.1 Å². The molecular weight excluding hydrogens is 443 g/mol. The van der Waals surface area contributed by atoms with Gasteiger partial charge in [-0.2, -0.15) is 0 Å². The number of thiocarbonyl (C=S) groups is 1. The molecular formula is C22H22F3N3O3S. The number of ether oxygens (including phenoxy) is 1. The lowest BCUT2D eigenvalue weighted by molar-refractivity contribution is 0.142. The molecule has 2 aromatic rings. The van der Waals surface area contributed by atoms with Crippen molar-refractivity contribution in [2.24, 2.45) is 0 Å². The maximum Gasteiger partial charge on any atom is 0.414 e. The Bertz CT molecular complexity index is 1080. The number of alkyl halides is 2. The topological polar surface area (TPSA) is 70.7 Å². The van der Waals surface area contributed by atoms with Gasteiger partial charge in [-0.05, 0) is 41.8 Å². The highest BCUT2D eigenvalue weighted by atomic mass is 32.1. The minimum atomic E-state index is -2.80. The number of hydrogen-bond donors (Lipinski definition) is 2. The van der Waals surface area contributed by atoms with Crippen molar-refractivity contribution in [3.63, 3.8) is 0 Å². The van der Waals surface area contributed by atoms with Gasteiger partial charge in [0.1, 0.15) is 16.9 Å². The summed E-state index contributed by atoms with van der Waals surface area (Å²) < 4.78 is 44.8. The van der Waals surface area contributed by atoms with Gasteiger partial charge in [0, 0.05) is 0 Å². The van der Waals surface area contributed by atoms with E-state index in [0.29, 0.717) is 0 Å². The van der Waals surface area contributed by atoms with E-state index in [9.17, 15) is 22.8 Å². The molecule has 1 amide bonds. The Morgan fingerprint density at radius 3 is 2.59 bits per heavy atom. The molecule has 1 aliphatic heterocycles. The van der Waals surface area contributed by atoms with Gasteiger partial charge in [0.25, 0.3) is 6.43 Å². The predicted octanol–water partition coefficient (Wildman–Crippen LogP) is 4.56. The summed E-state index contributed by atoms with van der Waals surface area (Å²) in [6.07, 6.45) is -4.24. The lowest BCUT2D eigenvalue weighted by atomic mass is 10.1. The second-order valence-electron chi connectivity index (χ2n) is 7.55. The van der Waals surface area contributed by atoms with Crippen LogP contribution in [-0.4, -0.2) is 36.7 Å². The van der Waals surface area contributed by atoms with Crippen LogP contribution in [-0.2, 0) is 4.74 Å². The summed E-state index contributed by atoms with van der Waals surface area (Å²) >= 11 is 4.49. The number of carbonyl (C=O) groups excluding carboxylic acids is 1. The highest BCUT2D eigenvalue weighted by molar-refractivity contribution is 7.80. The van der Waals surface area contributed by atoms with Crippen molar-refractivity contribution in [1.82, 2.24) is 5.32 Å². The van der Waals surface area contributed by atoms with E-state index in [1.54, 1.807) is 12.1 Å². The summed E-state index contributed by atoms with van der Waals surface area (Å²) in [5, 5.41) is 5.14. The Kier molecular flexibility index (Phi) is 7.34. The summed E-state index contributed by atoms with van der Waals surface area (Å²) in [6.45, 7) is 3.90. The van der Waals surface area contributed by atoms with E-state index in [4.69, 9.17) is 4.74 Å². The summed E-state index contributed by atoms with van der Waals surface area (Å²) in [4.78, 5) is 25.1. The van der Waals surface area contributed by atoms with E-state index in [-0.39, 0.29) is 41.5 Å². The lowest BCUT2D eigenvalue weighted by Gasteiger charge is -2.15. The van der Waals surface area contributed by atoms with Crippen molar-refractivity contribution in [2.75, 3.05) is 23.3 Å². The number of anilines is 3. The lowest BCUT2D eigenvalue weighted by Crippen LogP contribution is -2.36. The molecule has 6 nitrogen and oxygen atoms in total. The van der Waals surface area contributed by atoms with Crippen LogP contribution < -0.4 is 21.0 Å². The van der Waals surface area contributed by atoms with Gasteiger partial charge in [0.15, 0.2) is 0 Å². The number of hydrogen-bond acceptors (Lipinski definition) is 5. The molecule has 0 unspecified atom stereocenters. The zero-order chi connectivity index (χ0) is 23.4. The molecule has 1 fully saturated rings. The second kappa shape index (κ2) is 9.99. The summed E-state index contributed by atoms with van der Waals surface area (Å²) in [5.74, 6) is -0.505. The normalized spacial score (nSPS) is 15.8. The smallest absolute Gasteiger partial charge is 0.414 e. The molecule has 0 spiro atoms. The molecule has 0 bridgehead atoms. The fraction of sp³-hybridized carbons (Fsp3) is 0.318. The first kappa shape index (κ1) is 23.5. The van der Waals surface area contributed by atoms with Crippen LogP contribution >= 0.6 is 12.2 Å². The molecule has 0 aliphatic carbocycles. The maximum absolute atomic E-state index is 14.7. The maximum atomic E-state index is 14.7. The second-order valence-corrected chi connectivity index (χ2v) is 7.99. The van der Waals surface area contributed by atoms with Crippen LogP contribution in [0.1, 0.15) is 25.3 Å². The van der Waals surface area contributed by atoms with E-state index in [2.05, 4.69) is 22.9 Å². The molecule has 0 saturated carbocycles. The van der Waals surface area contributed by atoms with E-state index < -0.39 is 29.4 Å². The van der Waals surface area contributed by atoms with Crippen LogP contribution in [0.4, 0.5) is 35.0 Å². The fourth-order valence-corrected chi connectivity index (χ4v) is 3.21. The first-order valence-electron chi connectivity index (χ1n) is 9.90. The number of nitrogens with zero attached hydrogens (tertiary/aromatic N) is 1. The van der Waals surface area contributed by atoms with Crippen LogP contribution in [0.15, 0.2) is 47.3 Å². The number of cyclic esters (lactones) is 1. The molecule has 3 rings (SSSR count). The highest BCUT2D eigenvalue weighted by Gasteiger charge is 2.33. The van der Waals surface area contributed by atoms with E-state index in [1.807, 2.05) is 19.9 Å². The largest absolute Gasteiger partial charge is 0.442 e. The van der Waals surface area contributed by atoms with Gasteiger partial charge in [-0.15, -0.1) is 0 Å². The van der Waals surface area contributed by atoms with Gasteiger partial charge < -0.3 is 15.4 Å². The quantitative estimate of drug-likeness (QED) is 0.585. The Morgan fingerprint density at radius 1 is 1.19 bits per heavy atom. The van der Waals surface area contributed by atoms with Gasteiger partial charge in [-0.3, -0.25) is 9.69 Å². The van der Waals surface area contributed by atoms with E-state index in [0.717, 1.165) is 11.6 Å². The number of carbonyl (C=O) groups is 1. The average Bonchev–Trinajstić information content (AvgIpc) is 3.00. The van der Waals surface area contributed by atoms with Crippen molar-refractivity contribution in [1.29, 1.82) is 0 Å². The van der Waals surface area contributed by atoms with Gasteiger partial charge in [0.2, 0.25) is 5.43 Å². The van der Waals surface area contributed by atoms with Crippen LogP contribution in [0.3, 0.4) is 0 Å². The monoisotopic (exact) mass is 465 g/mol. The molecule has 1 heterocycles. The number of rotatable bonds is 7. The summed E-state index contributed by atoms with van der Waals surface area (Å²) in [6, 6.07) is 10.7. The van der Waals surface area contributed by atoms with Gasteiger partial charge in [0.05, 0.1) is 30.2 Å². The van der Waals surface area contributed by atoms with Gasteiger partial charge in [-0.25, -0.2) is 18.0 Å². The fourth-order valence-electron chi connectivity index (χ4n) is 3.13. The van der Waals surface area contributed by atoms with Gasteiger partial charge >= 0.3 is 6.09 Å². The predicted molar refractivity (Wildman–Crippen MR) is 121 cm³/mol. The zero-order valence-corrected chi connectivity index (χ0v) is 18.2. The molecule has 0 radical (unpaired) electrons. The molecule has 2 N–H and O–H groups in total. The standard InChI is InChI=1S/C22H22F3N3O3S/c1-12(2)13-4-3-5-18(19(29)8-13)27-17-7-6-14(9-16(17)23)28-11-15(31-22(28)30)10-26-21(32)20(24)25/h3-9,12,15,20H,10-11H2,1-2H3,(H,26,32)(H,27,29)/t15-/m0/s1. The first-order chi connectivity index (χ1) is 15.2. The van der Waals surface area contributed by atoms with Crippen LogP contribution in [0.2, 0.25) is 0 Å². The van der Waals surface area contributed by atoms with Crippen molar-refractivity contribution >= 4 is 40.4 Å². The average molecular weight is 465 g/mol. The number of benzene rings is 1. The molecule has 170 valence electrons. The highest BCUT2D eigenvalue weighted by Crippen LogP contribution is 2.27. The summed E-state index contributed by atoms with van der Waals surface area (Å²) in [5.41, 5.74) is 1.11. The molecule has 10 heteroatoms. The Morgan fingerprint density at radius 2 is 1.94 bits per heavy atom. The third-order valence-electron chi connectivity index (χ3n) is 4.89. The minimum absolute atomic E-state index is 0.0428. The molecule has 32 heavy (non-hydrogen) atoms. The van der Waals surface area contributed by atoms with Crippen LogP contribution in [0.5, 0.6) is 0 Å². The Hall–Kier alpha value is -3.14. The third kappa shape index (κ3) is 5.56. The van der Waals surface area contributed by atoms with Crippen molar-refractivity contribution in [2.45, 2.75) is 32.3 Å². The molecule has 1 atom stereocenters. The molecule has 2 aromatic carbocycles. The van der Waals surface area contributed by atoms with Crippen molar-refractivity contribution in [3.8, 4) is 0 Å².